The molecule has 2 amide bonds. The lowest BCUT2D eigenvalue weighted by atomic mass is 10.1. The van der Waals surface area contributed by atoms with Gasteiger partial charge in [-0.25, -0.2) is 4.98 Å². The van der Waals surface area contributed by atoms with E-state index in [9.17, 15) is 19.7 Å². The monoisotopic (exact) mass is 386 g/mol. The summed E-state index contributed by atoms with van der Waals surface area (Å²) in [6.07, 6.45) is 2.76. The number of hydrogen-bond acceptors (Lipinski definition) is 6. The van der Waals surface area contributed by atoms with Crippen molar-refractivity contribution in [3.05, 3.63) is 50.5 Å². The molecule has 1 saturated carbocycles. The molecule has 0 radical (unpaired) electrons. The van der Waals surface area contributed by atoms with Gasteiger partial charge in [-0.2, -0.15) is 0 Å². The molecule has 0 spiro atoms. The van der Waals surface area contributed by atoms with Crippen molar-refractivity contribution in [2.75, 3.05) is 11.9 Å². The molecule has 0 unspecified atom stereocenters. The van der Waals surface area contributed by atoms with E-state index in [4.69, 9.17) is 0 Å². The molecule has 8 nitrogen and oxygen atoms in total. The number of hydrogen-bond donors (Lipinski definition) is 1. The number of anilines is 1. The van der Waals surface area contributed by atoms with Crippen molar-refractivity contribution >= 4 is 34.0 Å². The fourth-order valence-electron chi connectivity index (χ4n) is 3.04. The Morgan fingerprint density at radius 2 is 2.04 bits per heavy atom. The predicted molar refractivity (Wildman–Crippen MR) is 99.4 cm³/mol. The van der Waals surface area contributed by atoms with Crippen LogP contribution in [0.5, 0.6) is 0 Å². The molecule has 1 aromatic heterocycles. The third-order valence-electron chi connectivity index (χ3n) is 4.76. The van der Waals surface area contributed by atoms with Gasteiger partial charge in [-0.05, 0) is 18.4 Å². The number of fused-ring (bicyclic) bond motifs is 1. The molecule has 1 N–H and O–H groups in total. The summed E-state index contributed by atoms with van der Waals surface area (Å²) in [6.45, 7) is 1.07. The summed E-state index contributed by atoms with van der Waals surface area (Å²) in [5.74, 6) is 0.143. The lowest BCUT2D eigenvalue weighted by Gasteiger charge is -2.26. The zero-order valence-electron chi connectivity index (χ0n) is 14.5. The molecular weight excluding hydrogens is 368 g/mol. The second-order valence-electron chi connectivity index (χ2n) is 6.82. The highest BCUT2D eigenvalue weighted by Gasteiger charge is 2.31. The van der Waals surface area contributed by atoms with Crippen LogP contribution in [0.2, 0.25) is 0 Å². The molecule has 9 heteroatoms. The number of rotatable bonds is 5. The van der Waals surface area contributed by atoms with Gasteiger partial charge in [0, 0.05) is 35.9 Å². The normalized spacial score (nSPS) is 15.9. The Bertz CT molecular complexity index is 905. The van der Waals surface area contributed by atoms with Crippen molar-refractivity contribution < 1.29 is 14.5 Å². The molecule has 0 saturated heterocycles. The van der Waals surface area contributed by atoms with E-state index in [1.165, 1.54) is 23.5 Å². The average Bonchev–Trinajstić information content (AvgIpc) is 3.42. The van der Waals surface area contributed by atoms with E-state index in [1.54, 1.807) is 17.0 Å². The zero-order chi connectivity index (χ0) is 19.0. The summed E-state index contributed by atoms with van der Waals surface area (Å²) in [5, 5.41) is 14.2. The first-order chi connectivity index (χ1) is 13.0. The van der Waals surface area contributed by atoms with Crippen LogP contribution in [0.25, 0.3) is 0 Å². The van der Waals surface area contributed by atoms with E-state index >= 15 is 0 Å². The number of amides is 2. The maximum absolute atomic E-state index is 12.6. The zero-order valence-corrected chi connectivity index (χ0v) is 15.3. The lowest BCUT2D eigenvalue weighted by Crippen LogP contribution is -2.36. The molecule has 1 fully saturated rings. The molecule has 1 aliphatic carbocycles. The van der Waals surface area contributed by atoms with Gasteiger partial charge in [-0.15, -0.1) is 0 Å². The van der Waals surface area contributed by atoms with E-state index in [0.29, 0.717) is 24.6 Å². The van der Waals surface area contributed by atoms with Crippen LogP contribution in [0, 0.1) is 16.0 Å². The van der Waals surface area contributed by atoms with Gasteiger partial charge < -0.3 is 10.2 Å². The molecule has 2 heterocycles. The Balaban J connectivity index is 1.38. The molecular formula is C18H18N4O4S. The van der Waals surface area contributed by atoms with E-state index in [-0.39, 0.29) is 29.8 Å². The van der Waals surface area contributed by atoms with Crippen molar-refractivity contribution in [2.24, 2.45) is 5.92 Å². The molecule has 0 bridgehead atoms. The summed E-state index contributed by atoms with van der Waals surface area (Å²) in [7, 11) is 0. The average molecular weight is 386 g/mol. The topological polar surface area (TPSA) is 105 Å². The molecule has 140 valence electrons. The van der Waals surface area contributed by atoms with Gasteiger partial charge in [-0.1, -0.05) is 23.5 Å². The Labute approximate surface area is 159 Å². The first-order valence-corrected chi connectivity index (χ1v) is 9.62. The minimum Gasteiger partial charge on any atom is -0.337 e. The van der Waals surface area contributed by atoms with Crippen molar-refractivity contribution in [2.45, 2.75) is 32.2 Å². The number of benzene rings is 1. The minimum absolute atomic E-state index is 0.0132. The first kappa shape index (κ1) is 17.6. The molecule has 27 heavy (non-hydrogen) atoms. The number of nitrogens with one attached hydrogen (secondary N) is 1. The van der Waals surface area contributed by atoms with Gasteiger partial charge in [0.05, 0.1) is 23.6 Å². The Hall–Kier alpha value is -2.81. The summed E-state index contributed by atoms with van der Waals surface area (Å²) < 4.78 is 0. The SMILES string of the molecule is O=C(Nc1nc2c(s1)CN(C(=O)Cc1ccc([N+](=O)[O-])cc1)CC2)C1CC1. The van der Waals surface area contributed by atoms with Crippen molar-refractivity contribution in [1.82, 2.24) is 9.88 Å². The maximum Gasteiger partial charge on any atom is 0.269 e. The van der Waals surface area contributed by atoms with Crippen LogP contribution in [-0.4, -0.2) is 33.2 Å². The van der Waals surface area contributed by atoms with Gasteiger partial charge in [-0.3, -0.25) is 19.7 Å². The predicted octanol–water partition coefficient (Wildman–Crippen LogP) is 2.53. The summed E-state index contributed by atoms with van der Waals surface area (Å²) >= 11 is 1.43. The largest absolute Gasteiger partial charge is 0.337 e. The first-order valence-electron chi connectivity index (χ1n) is 8.80. The summed E-state index contributed by atoms with van der Waals surface area (Å²) in [5.41, 5.74) is 1.71. The van der Waals surface area contributed by atoms with Gasteiger partial charge in [0.15, 0.2) is 5.13 Å². The Morgan fingerprint density at radius 1 is 1.30 bits per heavy atom. The second kappa shape index (κ2) is 7.07. The lowest BCUT2D eigenvalue weighted by molar-refractivity contribution is -0.384. The molecule has 0 atom stereocenters. The third kappa shape index (κ3) is 3.97. The highest BCUT2D eigenvalue weighted by atomic mass is 32.1. The van der Waals surface area contributed by atoms with Crippen molar-refractivity contribution in [1.29, 1.82) is 0 Å². The molecule has 4 rings (SSSR count). The van der Waals surface area contributed by atoms with Gasteiger partial charge >= 0.3 is 0 Å². The van der Waals surface area contributed by atoms with Gasteiger partial charge in [0.25, 0.3) is 5.69 Å². The van der Waals surface area contributed by atoms with Crippen LogP contribution in [0.1, 0.15) is 29.0 Å². The Kier molecular flexibility index (Phi) is 4.61. The number of aromatic nitrogens is 1. The quantitative estimate of drug-likeness (QED) is 0.628. The number of carbonyl (C=O) groups excluding carboxylic acids is 2. The second-order valence-corrected chi connectivity index (χ2v) is 7.90. The van der Waals surface area contributed by atoms with Crippen molar-refractivity contribution in [3.63, 3.8) is 0 Å². The number of nitro benzene ring substituents is 1. The fraction of sp³-hybridized carbons (Fsp3) is 0.389. The highest BCUT2D eigenvalue weighted by molar-refractivity contribution is 7.15. The molecule has 2 aliphatic rings. The number of non-ortho nitro benzene ring substituents is 1. The standard InChI is InChI=1S/C18H18N4O4S/c23-16(9-11-1-5-13(6-2-11)22(25)26)21-8-7-14-15(10-21)27-18(19-14)20-17(24)12-3-4-12/h1-2,5-6,12H,3-4,7-10H2,(H,19,20,24). The van der Waals surface area contributed by atoms with Crippen LogP contribution < -0.4 is 5.32 Å². The molecule has 1 aromatic carbocycles. The number of carbonyl (C=O) groups is 2. The van der Waals surface area contributed by atoms with E-state index in [1.807, 2.05) is 0 Å². The smallest absolute Gasteiger partial charge is 0.269 e. The van der Waals surface area contributed by atoms with Crippen LogP contribution in [-0.2, 0) is 29.0 Å². The van der Waals surface area contributed by atoms with Crippen molar-refractivity contribution in [3.8, 4) is 0 Å². The minimum atomic E-state index is -0.457. The highest BCUT2D eigenvalue weighted by Crippen LogP contribution is 2.33. The van der Waals surface area contributed by atoms with Crippen LogP contribution in [0.3, 0.4) is 0 Å². The Morgan fingerprint density at radius 3 is 2.70 bits per heavy atom. The number of nitrogens with zero attached hydrogens (tertiary/aromatic N) is 3. The maximum atomic E-state index is 12.6. The van der Waals surface area contributed by atoms with Crippen LogP contribution >= 0.6 is 11.3 Å². The number of thiazole rings is 1. The number of nitro groups is 1. The molecule has 2 aromatic rings. The fourth-order valence-corrected chi connectivity index (χ4v) is 4.06. The van der Waals surface area contributed by atoms with Crippen LogP contribution in [0.4, 0.5) is 10.8 Å². The van der Waals surface area contributed by atoms with E-state index in [2.05, 4.69) is 10.3 Å². The van der Waals surface area contributed by atoms with Gasteiger partial charge in [0.1, 0.15) is 0 Å². The third-order valence-corrected chi connectivity index (χ3v) is 5.76. The van der Waals surface area contributed by atoms with E-state index < -0.39 is 4.92 Å². The summed E-state index contributed by atoms with van der Waals surface area (Å²) in [6, 6.07) is 6.05. The van der Waals surface area contributed by atoms with Gasteiger partial charge in [0.2, 0.25) is 11.8 Å². The van der Waals surface area contributed by atoms with E-state index in [0.717, 1.165) is 29.0 Å². The van der Waals surface area contributed by atoms with Crippen LogP contribution in [0.15, 0.2) is 24.3 Å². The molecule has 1 aliphatic heterocycles. The summed E-state index contributed by atoms with van der Waals surface area (Å²) in [4.78, 5) is 42.0.